The molecule has 0 radical (unpaired) electrons. The second kappa shape index (κ2) is 11.0. The number of nitrogens with two attached hydrogens (primary N) is 1. The summed E-state index contributed by atoms with van der Waals surface area (Å²) in [6, 6.07) is 5.56. The molecular weight excluding hydrogens is 387 g/mol. The Morgan fingerprint density at radius 3 is 2.14 bits per heavy atom. The lowest BCUT2D eigenvalue weighted by Gasteiger charge is -2.35. The van der Waals surface area contributed by atoms with Gasteiger partial charge in [0.25, 0.3) is 0 Å². The van der Waals surface area contributed by atoms with Gasteiger partial charge < -0.3 is 20.9 Å². The molecule has 9 heteroatoms. The van der Waals surface area contributed by atoms with Gasteiger partial charge in [0.05, 0.1) is 19.0 Å². The summed E-state index contributed by atoms with van der Waals surface area (Å²) in [6.45, 7) is 5.11. The van der Waals surface area contributed by atoms with Crippen molar-refractivity contribution < 1.29 is 18.8 Å². The van der Waals surface area contributed by atoms with Gasteiger partial charge in [-0.25, -0.2) is 4.39 Å². The average Bonchev–Trinajstić information content (AvgIpc) is 2.66. The number of hydrogen-bond donors (Lipinski definition) is 2. The number of nitrogens with one attached hydrogen (secondary N) is 1. The first-order chi connectivity index (χ1) is 12.8. The van der Waals surface area contributed by atoms with Gasteiger partial charge in [0.15, 0.2) is 0 Å². The maximum Gasteiger partial charge on any atom is 0.242 e. The topological polar surface area (TPSA) is 95.7 Å². The fourth-order valence-electron chi connectivity index (χ4n) is 2.82. The molecule has 3 amide bonds. The summed E-state index contributed by atoms with van der Waals surface area (Å²) in [4.78, 5) is 39.6. The Hall–Kier alpha value is -2.19. The van der Waals surface area contributed by atoms with E-state index < -0.39 is 11.9 Å². The summed E-state index contributed by atoms with van der Waals surface area (Å²) in [7, 11) is 0. The molecule has 1 aromatic rings. The van der Waals surface area contributed by atoms with E-state index in [1.807, 2.05) is 13.8 Å². The molecule has 1 heterocycles. The maximum atomic E-state index is 13.7. The lowest BCUT2D eigenvalue weighted by atomic mass is 10.1. The smallest absolute Gasteiger partial charge is 0.242 e. The first-order valence-electron chi connectivity index (χ1n) is 9.12. The van der Waals surface area contributed by atoms with Gasteiger partial charge in [-0.1, -0.05) is 32.0 Å². The monoisotopic (exact) mass is 414 g/mol. The van der Waals surface area contributed by atoms with E-state index in [-0.39, 0.29) is 49.0 Å². The third-order valence-electron chi connectivity index (χ3n) is 4.72. The van der Waals surface area contributed by atoms with Crippen LogP contribution in [-0.2, 0) is 20.8 Å². The predicted molar refractivity (Wildman–Crippen MR) is 106 cm³/mol. The van der Waals surface area contributed by atoms with Crippen LogP contribution >= 0.6 is 12.4 Å². The highest BCUT2D eigenvalue weighted by Crippen LogP contribution is 2.10. The van der Waals surface area contributed by atoms with Crippen LogP contribution in [0.1, 0.15) is 19.4 Å². The Morgan fingerprint density at radius 1 is 1.07 bits per heavy atom. The number of carbonyl (C=O) groups is 3. The molecule has 0 bridgehead atoms. The van der Waals surface area contributed by atoms with Crippen LogP contribution in [-0.4, -0.2) is 66.3 Å². The highest BCUT2D eigenvalue weighted by molar-refractivity contribution is 5.87. The molecule has 1 atom stereocenters. The van der Waals surface area contributed by atoms with Crippen molar-refractivity contribution in [1.29, 1.82) is 0 Å². The Morgan fingerprint density at radius 2 is 1.61 bits per heavy atom. The number of benzene rings is 1. The van der Waals surface area contributed by atoms with Crippen LogP contribution in [0.4, 0.5) is 4.39 Å². The van der Waals surface area contributed by atoms with E-state index >= 15 is 0 Å². The number of piperazine rings is 1. The third-order valence-corrected chi connectivity index (χ3v) is 4.72. The highest BCUT2D eigenvalue weighted by atomic mass is 35.5. The summed E-state index contributed by atoms with van der Waals surface area (Å²) in [6.07, 6.45) is 0.00374. The number of halogens is 2. The number of carbonyl (C=O) groups excluding carboxylic acids is 3. The minimum absolute atomic E-state index is 0. The van der Waals surface area contributed by atoms with Gasteiger partial charge in [-0.2, -0.15) is 0 Å². The van der Waals surface area contributed by atoms with Gasteiger partial charge in [-0.3, -0.25) is 14.4 Å². The minimum atomic E-state index is -0.648. The number of amides is 3. The van der Waals surface area contributed by atoms with Gasteiger partial charge in [-0.05, 0) is 17.5 Å². The lowest BCUT2D eigenvalue weighted by molar-refractivity contribution is -0.139. The zero-order chi connectivity index (χ0) is 20.0. The van der Waals surface area contributed by atoms with Gasteiger partial charge in [0.1, 0.15) is 5.82 Å². The largest absolute Gasteiger partial charge is 0.346 e. The van der Waals surface area contributed by atoms with Crippen molar-refractivity contribution in [1.82, 2.24) is 15.1 Å². The van der Waals surface area contributed by atoms with Crippen LogP contribution in [0.25, 0.3) is 0 Å². The molecule has 156 valence electrons. The number of rotatable bonds is 6. The van der Waals surface area contributed by atoms with Gasteiger partial charge in [0, 0.05) is 26.2 Å². The van der Waals surface area contributed by atoms with Crippen LogP contribution in [0.5, 0.6) is 0 Å². The fraction of sp³-hybridized carbons (Fsp3) is 0.526. The standard InChI is InChI=1S/C19H27FN4O3.ClH/c1-13(2)18(21)19(27)22-12-17(26)24-9-7-23(8-10-24)16(25)11-14-5-3-4-6-15(14)20;/h3-6,13,18H,7-12,21H2,1-2H3,(H,22,27);1H/t18-;/m0./s1. The molecule has 3 N–H and O–H groups in total. The summed E-state index contributed by atoms with van der Waals surface area (Å²) in [5, 5.41) is 2.56. The summed E-state index contributed by atoms with van der Waals surface area (Å²) in [5.74, 6) is -1.12. The molecule has 1 saturated heterocycles. The van der Waals surface area contributed by atoms with E-state index in [0.717, 1.165) is 0 Å². The number of hydrogen-bond acceptors (Lipinski definition) is 4. The molecule has 7 nitrogen and oxygen atoms in total. The number of nitrogens with zero attached hydrogens (tertiary/aromatic N) is 2. The van der Waals surface area contributed by atoms with E-state index in [2.05, 4.69) is 5.32 Å². The second-order valence-corrected chi connectivity index (χ2v) is 7.02. The minimum Gasteiger partial charge on any atom is -0.346 e. The van der Waals surface area contributed by atoms with Gasteiger partial charge in [0.2, 0.25) is 17.7 Å². The lowest BCUT2D eigenvalue weighted by Crippen LogP contribution is -2.54. The quantitative estimate of drug-likeness (QED) is 0.711. The first kappa shape index (κ1) is 23.8. The molecule has 1 aliphatic heterocycles. The van der Waals surface area contributed by atoms with E-state index in [4.69, 9.17) is 5.73 Å². The molecule has 0 aliphatic carbocycles. The molecule has 1 aliphatic rings. The normalized spacial score (nSPS) is 15.0. The second-order valence-electron chi connectivity index (χ2n) is 7.02. The SMILES string of the molecule is CC(C)[C@H](N)C(=O)NCC(=O)N1CCN(C(=O)Cc2ccccc2F)CC1.Cl. The summed E-state index contributed by atoms with van der Waals surface area (Å²) >= 11 is 0. The van der Waals surface area contributed by atoms with E-state index in [9.17, 15) is 18.8 Å². The van der Waals surface area contributed by atoms with Crippen molar-refractivity contribution in [3.63, 3.8) is 0 Å². The molecule has 0 unspecified atom stereocenters. The summed E-state index contributed by atoms with van der Waals surface area (Å²) in [5.41, 5.74) is 6.11. The molecular formula is C19H28ClFN4O3. The van der Waals surface area contributed by atoms with Gasteiger partial charge in [-0.15, -0.1) is 12.4 Å². The van der Waals surface area contributed by atoms with Crippen molar-refractivity contribution in [3.8, 4) is 0 Å². The molecule has 1 fully saturated rings. The highest BCUT2D eigenvalue weighted by Gasteiger charge is 2.25. The van der Waals surface area contributed by atoms with E-state index in [1.54, 1.807) is 28.0 Å². The van der Waals surface area contributed by atoms with Crippen molar-refractivity contribution >= 4 is 30.1 Å². The summed E-state index contributed by atoms with van der Waals surface area (Å²) < 4.78 is 13.7. The predicted octanol–water partition coefficient (Wildman–Crippen LogP) is 0.560. The zero-order valence-corrected chi connectivity index (χ0v) is 17.0. The Kier molecular flexibility index (Phi) is 9.34. The maximum absolute atomic E-state index is 13.7. The van der Waals surface area contributed by atoms with E-state index in [0.29, 0.717) is 31.7 Å². The third kappa shape index (κ3) is 6.45. The molecule has 1 aromatic carbocycles. The van der Waals surface area contributed by atoms with E-state index in [1.165, 1.54) is 6.07 Å². The first-order valence-corrected chi connectivity index (χ1v) is 9.12. The van der Waals surface area contributed by atoms with Crippen LogP contribution in [0.2, 0.25) is 0 Å². The molecule has 0 aromatic heterocycles. The molecule has 2 rings (SSSR count). The Balaban J connectivity index is 0.00000392. The van der Waals surface area contributed by atoms with Crippen LogP contribution in [0.15, 0.2) is 24.3 Å². The molecule has 0 saturated carbocycles. The molecule has 28 heavy (non-hydrogen) atoms. The van der Waals surface area contributed by atoms with Crippen molar-refractivity contribution in [2.45, 2.75) is 26.3 Å². The van der Waals surface area contributed by atoms with Crippen LogP contribution in [0, 0.1) is 11.7 Å². The van der Waals surface area contributed by atoms with Crippen molar-refractivity contribution in [2.24, 2.45) is 11.7 Å². The van der Waals surface area contributed by atoms with Crippen LogP contribution < -0.4 is 11.1 Å². The van der Waals surface area contributed by atoms with Gasteiger partial charge >= 0.3 is 0 Å². The Bertz CT molecular complexity index is 694. The Labute approximate surface area is 170 Å². The van der Waals surface area contributed by atoms with Crippen molar-refractivity contribution in [2.75, 3.05) is 32.7 Å². The van der Waals surface area contributed by atoms with Crippen LogP contribution in [0.3, 0.4) is 0 Å². The zero-order valence-electron chi connectivity index (χ0n) is 16.2. The molecule has 0 spiro atoms. The fourth-order valence-corrected chi connectivity index (χ4v) is 2.82. The average molecular weight is 415 g/mol. The van der Waals surface area contributed by atoms with Crippen molar-refractivity contribution in [3.05, 3.63) is 35.6 Å².